The first-order chi connectivity index (χ1) is 12.7. The molecule has 0 unspecified atom stereocenters. The molecule has 10 heteroatoms. The third-order valence-corrected chi connectivity index (χ3v) is 6.86. The van der Waals surface area contributed by atoms with Gasteiger partial charge in [-0.2, -0.15) is 4.72 Å². The SMILES string of the molecule is COc1cc(OC)c(NC(=O)[C@@H](NS(=O)(=O)c2cccs2)C(C)C)cc1Cl. The summed E-state index contributed by atoms with van der Waals surface area (Å²) in [6.07, 6.45) is 0. The Labute approximate surface area is 167 Å². The van der Waals surface area contributed by atoms with Crippen molar-refractivity contribution in [1.29, 1.82) is 0 Å². The third-order valence-electron chi connectivity index (χ3n) is 3.72. The van der Waals surface area contributed by atoms with Crippen molar-refractivity contribution in [1.82, 2.24) is 4.72 Å². The maximum Gasteiger partial charge on any atom is 0.250 e. The van der Waals surface area contributed by atoms with Gasteiger partial charge in [0.05, 0.1) is 24.9 Å². The van der Waals surface area contributed by atoms with Gasteiger partial charge >= 0.3 is 0 Å². The summed E-state index contributed by atoms with van der Waals surface area (Å²) in [5.41, 5.74) is 0.314. The van der Waals surface area contributed by atoms with Gasteiger partial charge < -0.3 is 14.8 Å². The van der Waals surface area contributed by atoms with Crippen molar-refractivity contribution in [3.8, 4) is 11.5 Å². The van der Waals surface area contributed by atoms with E-state index < -0.39 is 22.0 Å². The van der Waals surface area contributed by atoms with E-state index in [0.29, 0.717) is 17.2 Å². The molecule has 2 rings (SSSR count). The van der Waals surface area contributed by atoms with Gasteiger partial charge in [-0.05, 0) is 23.4 Å². The molecule has 0 saturated carbocycles. The van der Waals surface area contributed by atoms with Crippen LogP contribution in [0.15, 0.2) is 33.9 Å². The van der Waals surface area contributed by atoms with Crippen LogP contribution in [-0.2, 0) is 14.8 Å². The highest BCUT2D eigenvalue weighted by Gasteiger charge is 2.29. The number of halogens is 1. The minimum Gasteiger partial charge on any atom is -0.495 e. The summed E-state index contributed by atoms with van der Waals surface area (Å²) in [5.74, 6) is -0.0809. The van der Waals surface area contributed by atoms with Crippen LogP contribution >= 0.6 is 22.9 Å². The number of carbonyl (C=O) groups is 1. The third kappa shape index (κ3) is 5.13. The zero-order valence-electron chi connectivity index (χ0n) is 15.3. The van der Waals surface area contributed by atoms with Crippen LogP contribution in [0, 0.1) is 5.92 Å². The van der Waals surface area contributed by atoms with Crippen molar-refractivity contribution in [3.63, 3.8) is 0 Å². The summed E-state index contributed by atoms with van der Waals surface area (Å²) >= 11 is 7.19. The van der Waals surface area contributed by atoms with Crippen LogP contribution in [-0.4, -0.2) is 34.6 Å². The Hall–Kier alpha value is -1.81. The summed E-state index contributed by atoms with van der Waals surface area (Å²) < 4.78 is 38.0. The first-order valence-electron chi connectivity index (χ1n) is 7.97. The van der Waals surface area contributed by atoms with E-state index in [1.165, 1.54) is 32.4 Å². The molecule has 0 saturated heterocycles. The van der Waals surface area contributed by atoms with E-state index in [9.17, 15) is 13.2 Å². The molecule has 0 radical (unpaired) electrons. The summed E-state index contributed by atoms with van der Waals surface area (Å²) in [4.78, 5) is 12.8. The summed E-state index contributed by atoms with van der Waals surface area (Å²) in [6.45, 7) is 3.50. The van der Waals surface area contributed by atoms with Crippen molar-refractivity contribution >= 4 is 44.6 Å². The Morgan fingerprint density at radius 2 is 1.85 bits per heavy atom. The topological polar surface area (TPSA) is 93.7 Å². The number of sulfonamides is 1. The molecule has 148 valence electrons. The Morgan fingerprint density at radius 3 is 2.37 bits per heavy atom. The number of ether oxygens (including phenoxy) is 2. The van der Waals surface area contributed by atoms with Gasteiger partial charge in [0, 0.05) is 6.07 Å². The van der Waals surface area contributed by atoms with Gasteiger partial charge in [0.1, 0.15) is 21.8 Å². The normalized spacial score (nSPS) is 12.7. The molecule has 0 aliphatic carbocycles. The second kappa shape index (κ2) is 8.92. The number of hydrogen-bond donors (Lipinski definition) is 2. The molecule has 27 heavy (non-hydrogen) atoms. The number of methoxy groups -OCH3 is 2. The molecule has 0 aliphatic heterocycles. The molecule has 1 aromatic heterocycles. The van der Waals surface area contributed by atoms with Gasteiger partial charge in [0.25, 0.3) is 10.0 Å². The van der Waals surface area contributed by atoms with Crippen LogP contribution < -0.4 is 19.5 Å². The lowest BCUT2D eigenvalue weighted by Crippen LogP contribution is -2.46. The van der Waals surface area contributed by atoms with Crippen molar-refractivity contribution in [3.05, 3.63) is 34.7 Å². The molecule has 0 fully saturated rings. The van der Waals surface area contributed by atoms with Crippen molar-refractivity contribution in [2.75, 3.05) is 19.5 Å². The highest BCUT2D eigenvalue weighted by Crippen LogP contribution is 2.36. The number of hydrogen-bond acceptors (Lipinski definition) is 6. The Kier molecular flexibility index (Phi) is 7.10. The molecule has 2 aromatic rings. The lowest BCUT2D eigenvalue weighted by molar-refractivity contribution is -0.118. The fourth-order valence-corrected chi connectivity index (χ4v) is 4.90. The van der Waals surface area contributed by atoms with Crippen molar-refractivity contribution in [2.45, 2.75) is 24.1 Å². The standard InChI is InChI=1S/C17H21ClN2O5S2/c1-10(2)16(20-27(22,23)15-6-5-7-26-15)17(21)19-12-8-11(18)13(24-3)9-14(12)25-4/h5-10,16,20H,1-4H3,(H,19,21)/t16-/m0/s1. The molecule has 0 spiro atoms. The van der Waals surface area contributed by atoms with Gasteiger partial charge in [0.2, 0.25) is 5.91 Å². The van der Waals surface area contributed by atoms with E-state index in [1.54, 1.807) is 25.3 Å². The van der Waals surface area contributed by atoms with Crippen LogP contribution in [0.4, 0.5) is 5.69 Å². The molecule has 1 atom stereocenters. The first-order valence-corrected chi connectivity index (χ1v) is 10.7. The highest BCUT2D eigenvalue weighted by atomic mass is 35.5. The second-order valence-corrected chi connectivity index (χ2v) is 9.25. The molecule has 1 heterocycles. The maximum atomic E-state index is 12.8. The number of amides is 1. The highest BCUT2D eigenvalue weighted by molar-refractivity contribution is 7.91. The number of rotatable bonds is 8. The molecule has 7 nitrogen and oxygen atoms in total. The molecule has 2 N–H and O–H groups in total. The quantitative estimate of drug-likeness (QED) is 0.667. The lowest BCUT2D eigenvalue weighted by Gasteiger charge is -2.22. The summed E-state index contributed by atoms with van der Waals surface area (Å²) in [7, 11) is -0.895. The summed E-state index contributed by atoms with van der Waals surface area (Å²) in [5, 5.41) is 4.62. The average Bonchev–Trinajstić information content (AvgIpc) is 3.15. The smallest absolute Gasteiger partial charge is 0.250 e. The number of carbonyl (C=O) groups excluding carboxylic acids is 1. The molecular weight excluding hydrogens is 412 g/mol. The number of nitrogens with one attached hydrogen (secondary N) is 2. The van der Waals surface area contributed by atoms with Crippen LogP contribution in [0.1, 0.15) is 13.8 Å². The number of anilines is 1. The number of thiophene rings is 1. The first kappa shape index (κ1) is 21.5. The van der Waals surface area contributed by atoms with Gasteiger partial charge in [-0.15, -0.1) is 11.3 Å². The van der Waals surface area contributed by atoms with E-state index in [2.05, 4.69) is 10.0 Å². The Bertz CT molecular complexity index is 898. The van der Waals surface area contributed by atoms with Crippen molar-refractivity contribution in [2.24, 2.45) is 5.92 Å². The van der Waals surface area contributed by atoms with Crippen LogP contribution in [0.5, 0.6) is 11.5 Å². The van der Waals surface area contributed by atoms with Gasteiger partial charge in [-0.3, -0.25) is 4.79 Å². The lowest BCUT2D eigenvalue weighted by atomic mass is 10.0. The van der Waals surface area contributed by atoms with E-state index in [-0.39, 0.29) is 15.1 Å². The van der Waals surface area contributed by atoms with E-state index >= 15 is 0 Å². The van der Waals surface area contributed by atoms with Crippen LogP contribution in [0.3, 0.4) is 0 Å². The summed E-state index contributed by atoms with van der Waals surface area (Å²) in [6, 6.07) is 5.16. The molecular formula is C17H21ClN2O5S2. The minimum absolute atomic E-state index is 0.144. The fraction of sp³-hybridized carbons (Fsp3) is 0.353. The fourth-order valence-electron chi connectivity index (χ4n) is 2.30. The minimum atomic E-state index is -3.80. The predicted octanol–water partition coefficient (Wildman–Crippen LogP) is 3.36. The number of benzene rings is 1. The average molecular weight is 433 g/mol. The van der Waals surface area contributed by atoms with Gasteiger partial charge in [-0.1, -0.05) is 31.5 Å². The second-order valence-electron chi connectivity index (χ2n) is 5.95. The van der Waals surface area contributed by atoms with E-state index in [0.717, 1.165) is 11.3 Å². The van der Waals surface area contributed by atoms with Crippen LogP contribution in [0.25, 0.3) is 0 Å². The Balaban J connectivity index is 2.27. The largest absolute Gasteiger partial charge is 0.495 e. The van der Waals surface area contributed by atoms with E-state index in [1.807, 2.05) is 0 Å². The van der Waals surface area contributed by atoms with Crippen LogP contribution in [0.2, 0.25) is 5.02 Å². The predicted molar refractivity (Wildman–Crippen MR) is 106 cm³/mol. The van der Waals surface area contributed by atoms with Gasteiger partial charge in [0.15, 0.2) is 0 Å². The van der Waals surface area contributed by atoms with Crippen molar-refractivity contribution < 1.29 is 22.7 Å². The zero-order chi connectivity index (χ0) is 20.2. The molecule has 0 aliphatic rings. The molecule has 1 aromatic carbocycles. The van der Waals surface area contributed by atoms with Gasteiger partial charge in [-0.25, -0.2) is 8.42 Å². The zero-order valence-corrected chi connectivity index (χ0v) is 17.7. The Morgan fingerprint density at radius 1 is 1.19 bits per heavy atom. The maximum absolute atomic E-state index is 12.8. The van der Waals surface area contributed by atoms with E-state index in [4.69, 9.17) is 21.1 Å². The molecule has 0 bridgehead atoms. The molecule has 1 amide bonds. The monoisotopic (exact) mass is 432 g/mol.